The van der Waals surface area contributed by atoms with Crippen LogP contribution < -0.4 is 4.90 Å². The Bertz CT molecular complexity index is 652. The zero-order valence-corrected chi connectivity index (χ0v) is 11.5. The Labute approximate surface area is 118 Å². The fourth-order valence-corrected chi connectivity index (χ4v) is 2.76. The molecule has 2 heterocycles. The third kappa shape index (κ3) is 2.25. The van der Waals surface area contributed by atoms with Crippen LogP contribution in [0.4, 0.5) is 11.5 Å². The van der Waals surface area contributed by atoms with Crippen LogP contribution in [-0.2, 0) is 6.42 Å². The Morgan fingerprint density at radius 2 is 2.20 bits per heavy atom. The molecule has 0 atom stereocenters. The van der Waals surface area contributed by atoms with Gasteiger partial charge in [-0.1, -0.05) is 23.4 Å². The molecule has 3 rings (SSSR count). The topological polar surface area (TPSA) is 48.7 Å². The predicted molar refractivity (Wildman–Crippen MR) is 80.1 cm³/mol. The van der Waals surface area contributed by atoms with Crippen molar-refractivity contribution < 1.29 is 5.21 Å². The Morgan fingerprint density at radius 3 is 3.00 bits per heavy atom. The molecule has 1 aliphatic heterocycles. The molecule has 2 aromatic rings. The van der Waals surface area contributed by atoms with Gasteiger partial charge in [0.05, 0.1) is 6.21 Å². The maximum atomic E-state index is 8.59. The summed E-state index contributed by atoms with van der Waals surface area (Å²) in [5, 5.41) is 11.6. The molecular formula is C16H17N3O. The molecule has 0 fully saturated rings. The lowest BCUT2D eigenvalue weighted by Gasteiger charge is -2.31. The highest BCUT2D eigenvalue weighted by molar-refractivity contribution is 5.80. The number of rotatable bonds is 2. The van der Waals surface area contributed by atoms with Crippen molar-refractivity contribution in [2.24, 2.45) is 5.16 Å². The van der Waals surface area contributed by atoms with E-state index >= 15 is 0 Å². The smallest absolute Gasteiger partial charge is 0.135 e. The van der Waals surface area contributed by atoms with E-state index in [1.807, 2.05) is 13.0 Å². The van der Waals surface area contributed by atoms with E-state index in [1.165, 1.54) is 17.5 Å². The van der Waals surface area contributed by atoms with E-state index in [-0.39, 0.29) is 0 Å². The molecule has 0 amide bonds. The highest BCUT2D eigenvalue weighted by Crippen LogP contribution is 2.33. The quantitative estimate of drug-likeness (QED) is 0.516. The Balaban J connectivity index is 2.02. The van der Waals surface area contributed by atoms with Crippen LogP contribution in [-0.4, -0.2) is 23.0 Å². The van der Waals surface area contributed by atoms with Gasteiger partial charge in [0.15, 0.2) is 0 Å². The lowest BCUT2D eigenvalue weighted by Crippen LogP contribution is -2.26. The van der Waals surface area contributed by atoms with E-state index in [9.17, 15) is 0 Å². The summed E-state index contributed by atoms with van der Waals surface area (Å²) in [6.45, 7) is 3.02. The zero-order chi connectivity index (χ0) is 13.9. The number of nitrogens with zero attached hydrogens (tertiary/aromatic N) is 3. The van der Waals surface area contributed by atoms with Gasteiger partial charge in [-0.15, -0.1) is 0 Å². The highest BCUT2D eigenvalue weighted by Gasteiger charge is 2.19. The summed E-state index contributed by atoms with van der Waals surface area (Å²) in [5.74, 6) is 0.979. The number of oxime groups is 1. The number of hydrogen-bond donors (Lipinski definition) is 1. The largest absolute Gasteiger partial charge is 0.411 e. The average Bonchev–Trinajstić information content (AvgIpc) is 2.47. The maximum absolute atomic E-state index is 8.59. The molecular weight excluding hydrogens is 250 g/mol. The lowest BCUT2D eigenvalue weighted by molar-refractivity contribution is 0.322. The molecule has 1 aromatic heterocycles. The molecule has 0 radical (unpaired) electrons. The Kier molecular flexibility index (Phi) is 3.37. The van der Waals surface area contributed by atoms with Gasteiger partial charge in [0.2, 0.25) is 0 Å². The van der Waals surface area contributed by atoms with Crippen molar-refractivity contribution >= 4 is 17.7 Å². The molecule has 1 aromatic carbocycles. The average molecular weight is 267 g/mol. The monoisotopic (exact) mass is 267 g/mol. The minimum atomic E-state index is 0.805. The van der Waals surface area contributed by atoms with Gasteiger partial charge in [-0.3, -0.25) is 0 Å². The molecule has 102 valence electrons. The Morgan fingerprint density at radius 1 is 1.35 bits per heavy atom. The third-order valence-corrected chi connectivity index (χ3v) is 3.64. The number of pyridine rings is 1. The summed E-state index contributed by atoms with van der Waals surface area (Å²) in [7, 11) is 0. The standard InChI is InChI=1S/C16H17N3O/c1-12-9-13(11-18-20)10-17-16(12)19-8-4-6-14-5-2-3-7-15(14)19/h2-3,5,7,9-11,20H,4,6,8H2,1H3/b18-11+. The Hall–Kier alpha value is -2.36. The van der Waals surface area contributed by atoms with Gasteiger partial charge in [0.25, 0.3) is 0 Å². The summed E-state index contributed by atoms with van der Waals surface area (Å²) in [5.41, 5.74) is 4.51. The predicted octanol–water partition coefficient (Wildman–Crippen LogP) is 3.28. The number of anilines is 2. The number of para-hydroxylation sites is 1. The van der Waals surface area contributed by atoms with Crippen molar-refractivity contribution in [2.75, 3.05) is 11.4 Å². The van der Waals surface area contributed by atoms with Crippen LogP contribution in [0.25, 0.3) is 0 Å². The fraction of sp³-hybridized carbons (Fsp3) is 0.250. The van der Waals surface area contributed by atoms with Crippen LogP contribution in [0.15, 0.2) is 41.7 Å². The van der Waals surface area contributed by atoms with Gasteiger partial charge >= 0.3 is 0 Å². The van der Waals surface area contributed by atoms with Crippen molar-refractivity contribution in [2.45, 2.75) is 19.8 Å². The zero-order valence-electron chi connectivity index (χ0n) is 11.5. The van der Waals surface area contributed by atoms with Crippen molar-refractivity contribution in [1.29, 1.82) is 0 Å². The van der Waals surface area contributed by atoms with Gasteiger partial charge < -0.3 is 10.1 Å². The van der Waals surface area contributed by atoms with Crippen LogP contribution in [0.2, 0.25) is 0 Å². The second-order valence-corrected chi connectivity index (χ2v) is 5.04. The first-order valence-electron chi connectivity index (χ1n) is 6.79. The molecule has 0 spiro atoms. The van der Waals surface area contributed by atoms with E-state index in [2.05, 4.69) is 39.3 Å². The third-order valence-electron chi connectivity index (χ3n) is 3.64. The number of fused-ring (bicyclic) bond motifs is 1. The summed E-state index contributed by atoms with van der Waals surface area (Å²) < 4.78 is 0. The van der Waals surface area contributed by atoms with E-state index < -0.39 is 0 Å². The van der Waals surface area contributed by atoms with Crippen molar-refractivity contribution in [3.63, 3.8) is 0 Å². The molecule has 4 heteroatoms. The molecule has 20 heavy (non-hydrogen) atoms. The van der Waals surface area contributed by atoms with Crippen LogP contribution in [0, 0.1) is 6.92 Å². The normalized spacial score (nSPS) is 14.6. The summed E-state index contributed by atoms with van der Waals surface area (Å²) >= 11 is 0. The highest BCUT2D eigenvalue weighted by atomic mass is 16.4. The lowest BCUT2D eigenvalue weighted by atomic mass is 10.0. The van der Waals surface area contributed by atoms with E-state index in [0.717, 1.165) is 36.3 Å². The van der Waals surface area contributed by atoms with Gasteiger partial charge in [-0.25, -0.2) is 4.98 Å². The van der Waals surface area contributed by atoms with Crippen molar-refractivity contribution in [1.82, 2.24) is 4.98 Å². The van der Waals surface area contributed by atoms with Crippen LogP contribution in [0.3, 0.4) is 0 Å². The van der Waals surface area contributed by atoms with Gasteiger partial charge in [0, 0.05) is 24.0 Å². The SMILES string of the molecule is Cc1cc(/C=N/O)cnc1N1CCCc2ccccc21. The fourth-order valence-electron chi connectivity index (χ4n) is 2.76. The summed E-state index contributed by atoms with van der Waals surface area (Å²) in [6, 6.07) is 10.5. The summed E-state index contributed by atoms with van der Waals surface area (Å²) in [4.78, 5) is 6.81. The molecule has 0 saturated heterocycles. The maximum Gasteiger partial charge on any atom is 0.135 e. The van der Waals surface area contributed by atoms with Crippen LogP contribution >= 0.6 is 0 Å². The first-order chi connectivity index (χ1) is 9.79. The van der Waals surface area contributed by atoms with Crippen molar-refractivity contribution in [3.8, 4) is 0 Å². The van der Waals surface area contributed by atoms with Gasteiger partial charge in [0.1, 0.15) is 5.82 Å². The molecule has 0 saturated carbocycles. The first kappa shape index (κ1) is 12.7. The van der Waals surface area contributed by atoms with E-state index in [4.69, 9.17) is 5.21 Å². The molecule has 0 unspecified atom stereocenters. The molecule has 4 nitrogen and oxygen atoms in total. The molecule has 0 bridgehead atoms. The van der Waals surface area contributed by atoms with E-state index in [1.54, 1.807) is 6.20 Å². The molecule has 1 N–H and O–H groups in total. The second kappa shape index (κ2) is 5.33. The number of aryl methyl sites for hydroxylation is 2. The van der Waals surface area contributed by atoms with Gasteiger partial charge in [-0.05, 0) is 43.0 Å². The second-order valence-electron chi connectivity index (χ2n) is 5.04. The minimum absolute atomic E-state index is 0.805. The van der Waals surface area contributed by atoms with Crippen molar-refractivity contribution in [3.05, 3.63) is 53.2 Å². The number of aromatic nitrogens is 1. The van der Waals surface area contributed by atoms with E-state index in [0.29, 0.717) is 0 Å². The van der Waals surface area contributed by atoms with Crippen LogP contribution in [0.5, 0.6) is 0 Å². The molecule has 0 aliphatic carbocycles. The number of benzene rings is 1. The van der Waals surface area contributed by atoms with Gasteiger partial charge in [-0.2, -0.15) is 0 Å². The summed E-state index contributed by atoms with van der Waals surface area (Å²) in [6.07, 6.45) is 5.40. The minimum Gasteiger partial charge on any atom is -0.411 e. The first-order valence-corrected chi connectivity index (χ1v) is 6.79. The molecule has 1 aliphatic rings. The number of hydrogen-bond acceptors (Lipinski definition) is 4. The van der Waals surface area contributed by atoms with Crippen LogP contribution in [0.1, 0.15) is 23.1 Å².